The summed E-state index contributed by atoms with van der Waals surface area (Å²) < 4.78 is 86.8. The van der Waals surface area contributed by atoms with Gasteiger partial charge in [0.25, 0.3) is 0 Å². The number of alkyl halides is 6. The molecule has 2 aliphatic rings. The first-order valence-electron chi connectivity index (χ1n) is 12.2. The minimum atomic E-state index is -4.91. The van der Waals surface area contributed by atoms with Crippen molar-refractivity contribution in [3.63, 3.8) is 0 Å². The highest BCUT2D eigenvalue weighted by molar-refractivity contribution is 5.43. The Bertz CT molecular complexity index is 1010. The lowest BCUT2D eigenvalue weighted by molar-refractivity contribution is -0.143. The van der Waals surface area contributed by atoms with Gasteiger partial charge in [-0.1, -0.05) is 31.0 Å². The highest BCUT2D eigenvalue weighted by Gasteiger charge is 2.41. The summed E-state index contributed by atoms with van der Waals surface area (Å²) in [4.78, 5) is 4.52. The number of benzene rings is 2. The smallest absolute Gasteiger partial charge is 0.416 e. The first-order valence-corrected chi connectivity index (χ1v) is 12.2. The summed E-state index contributed by atoms with van der Waals surface area (Å²) >= 11 is 0. The van der Waals surface area contributed by atoms with E-state index in [0.717, 1.165) is 38.1 Å². The molecule has 197 valence electrons. The van der Waals surface area contributed by atoms with E-state index in [1.165, 1.54) is 20.0 Å². The highest BCUT2D eigenvalue weighted by Crippen LogP contribution is 2.41. The van der Waals surface area contributed by atoms with Crippen molar-refractivity contribution in [1.29, 1.82) is 0 Å². The molecular formula is C27H31F6N2O. The normalized spacial score (nSPS) is 20.4. The SMILES string of the molecule is [CH2]C(Cc1cc(C(F)(F)F)cc(C(F)(F)F)c1)(c1ccccc1OC)N1CCN(C2CCCC2)CC1. The molecule has 1 unspecified atom stereocenters. The van der Waals surface area contributed by atoms with Crippen LogP contribution in [0.4, 0.5) is 26.3 Å². The first-order chi connectivity index (χ1) is 16.9. The standard InChI is InChI=1S/C27H31F6N2O/c1-25(23-9-5-6-10-24(23)36-2,35-13-11-34(12-14-35)22-7-3-4-8-22)18-19-15-20(26(28,29)30)17-21(16-19)27(31,32)33/h5-6,9-10,15-17,22H,1,3-4,7-8,11-14,18H2,2H3. The van der Waals surface area contributed by atoms with Crippen molar-refractivity contribution in [2.75, 3.05) is 33.3 Å². The van der Waals surface area contributed by atoms with Crippen LogP contribution in [0.3, 0.4) is 0 Å². The third-order valence-corrected chi connectivity index (χ3v) is 7.51. The molecule has 1 saturated carbocycles. The summed E-state index contributed by atoms with van der Waals surface area (Å²) in [7, 11) is 1.49. The second-order valence-electron chi connectivity index (χ2n) is 9.78. The molecule has 0 amide bonds. The van der Waals surface area contributed by atoms with Crippen molar-refractivity contribution in [2.45, 2.75) is 56.0 Å². The lowest BCUT2D eigenvalue weighted by Gasteiger charge is -2.48. The summed E-state index contributed by atoms with van der Waals surface area (Å²) in [6.07, 6.45) is -5.21. The van der Waals surface area contributed by atoms with Crippen LogP contribution in [0, 0.1) is 6.92 Å². The fourth-order valence-corrected chi connectivity index (χ4v) is 5.65. The van der Waals surface area contributed by atoms with Gasteiger partial charge < -0.3 is 4.74 Å². The molecule has 1 atom stereocenters. The molecule has 2 aromatic carbocycles. The molecule has 0 spiro atoms. The van der Waals surface area contributed by atoms with Gasteiger partial charge in [-0.3, -0.25) is 9.80 Å². The van der Waals surface area contributed by atoms with Gasteiger partial charge in [-0.05, 0) is 56.0 Å². The van der Waals surface area contributed by atoms with Gasteiger partial charge in [0, 0.05) is 37.8 Å². The van der Waals surface area contributed by atoms with E-state index in [0.29, 0.717) is 30.4 Å². The summed E-state index contributed by atoms with van der Waals surface area (Å²) in [5.41, 5.74) is -3.20. The Morgan fingerprint density at radius 3 is 1.94 bits per heavy atom. The summed E-state index contributed by atoms with van der Waals surface area (Å²) in [5, 5.41) is 0. The number of nitrogens with zero attached hydrogens (tertiary/aromatic N) is 2. The molecular weight excluding hydrogens is 482 g/mol. The molecule has 2 fully saturated rings. The number of piperazine rings is 1. The third kappa shape index (κ3) is 5.67. The number of hydrogen-bond donors (Lipinski definition) is 0. The van der Waals surface area contributed by atoms with Crippen molar-refractivity contribution in [2.24, 2.45) is 0 Å². The lowest BCUT2D eigenvalue weighted by atomic mass is 9.82. The Morgan fingerprint density at radius 2 is 1.42 bits per heavy atom. The van der Waals surface area contributed by atoms with Crippen molar-refractivity contribution in [3.8, 4) is 5.75 Å². The molecule has 1 heterocycles. The Labute approximate surface area is 208 Å². The maximum Gasteiger partial charge on any atom is 0.416 e. The van der Waals surface area contributed by atoms with E-state index < -0.39 is 29.0 Å². The zero-order valence-electron chi connectivity index (χ0n) is 20.3. The molecule has 1 saturated heterocycles. The Kier molecular flexibility index (Phi) is 7.62. The second kappa shape index (κ2) is 10.2. The predicted octanol–water partition coefficient (Wildman–Crippen LogP) is 6.57. The molecule has 0 N–H and O–H groups in total. The van der Waals surface area contributed by atoms with E-state index in [-0.39, 0.29) is 18.1 Å². The van der Waals surface area contributed by atoms with Crippen LogP contribution in [0.2, 0.25) is 0 Å². The van der Waals surface area contributed by atoms with Crippen LogP contribution in [0.1, 0.15) is 47.9 Å². The zero-order chi connectivity index (χ0) is 26.1. The maximum absolute atomic E-state index is 13.5. The fraction of sp³-hybridized carbons (Fsp3) is 0.519. The number of ether oxygens (including phenoxy) is 1. The minimum absolute atomic E-state index is 0.0729. The molecule has 4 rings (SSSR count). The molecule has 9 heteroatoms. The van der Waals surface area contributed by atoms with Gasteiger partial charge in [0.15, 0.2) is 0 Å². The minimum Gasteiger partial charge on any atom is -0.496 e. The summed E-state index contributed by atoms with van der Waals surface area (Å²) in [5.74, 6) is 0.494. The van der Waals surface area contributed by atoms with Gasteiger partial charge in [0.05, 0.1) is 23.8 Å². The van der Waals surface area contributed by atoms with Gasteiger partial charge in [-0.15, -0.1) is 0 Å². The topological polar surface area (TPSA) is 15.7 Å². The number of rotatable bonds is 6. The predicted molar refractivity (Wildman–Crippen MR) is 126 cm³/mol. The number of halogens is 6. The molecule has 2 aromatic rings. The van der Waals surface area contributed by atoms with Gasteiger partial charge in [-0.2, -0.15) is 26.3 Å². The largest absolute Gasteiger partial charge is 0.496 e. The molecule has 1 aliphatic heterocycles. The number of methoxy groups -OCH3 is 1. The Hall–Kier alpha value is -2.26. The molecule has 1 radical (unpaired) electrons. The van der Waals surface area contributed by atoms with E-state index in [9.17, 15) is 26.3 Å². The maximum atomic E-state index is 13.5. The van der Waals surface area contributed by atoms with Crippen LogP contribution in [0.25, 0.3) is 0 Å². The highest BCUT2D eigenvalue weighted by atomic mass is 19.4. The van der Waals surface area contributed by atoms with E-state index in [1.54, 1.807) is 24.3 Å². The van der Waals surface area contributed by atoms with E-state index >= 15 is 0 Å². The van der Waals surface area contributed by atoms with E-state index in [2.05, 4.69) is 16.7 Å². The quantitative estimate of drug-likeness (QED) is 0.407. The number of hydrogen-bond acceptors (Lipinski definition) is 3. The molecule has 1 aliphatic carbocycles. The van der Waals surface area contributed by atoms with Gasteiger partial charge in [0.2, 0.25) is 0 Å². The Balaban J connectivity index is 1.72. The van der Waals surface area contributed by atoms with Crippen LogP contribution >= 0.6 is 0 Å². The second-order valence-corrected chi connectivity index (χ2v) is 9.78. The van der Waals surface area contributed by atoms with E-state index in [4.69, 9.17) is 4.74 Å². The number of para-hydroxylation sites is 1. The van der Waals surface area contributed by atoms with Crippen LogP contribution < -0.4 is 4.74 Å². The van der Waals surface area contributed by atoms with Gasteiger partial charge in [-0.25, -0.2) is 0 Å². The monoisotopic (exact) mass is 513 g/mol. The average Bonchev–Trinajstić information content (AvgIpc) is 3.38. The van der Waals surface area contributed by atoms with Crippen molar-refractivity contribution < 1.29 is 31.1 Å². The van der Waals surface area contributed by atoms with E-state index in [1.807, 2.05) is 0 Å². The third-order valence-electron chi connectivity index (χ3n) is 7.51. The molecule has 3 nitrogen and oxygen atoms in total. The molecule has 36 heavy (non-hydrogen) atoms. The molecule has 0 aromatic heterocycles. The van der Waals surface area contributed by atoms with Crippen LogP contribution in [0.15, 0.2) is 42.5 Å². The Morgan fingerprint density at radius 1 is 0.861 bits per heavy atom. The van der Waals surface area contributed by atoms with Gasteiger partial charge in [0.1, 0.15) is 5.75 Å². The van der Waals surface area contributed by atoms with Crippen molar-refractivity contribution >= 4 is 0 Å². The zero-order valence-corrected chi connectivity index (χ0v) is 20.3. The van der Waals surface area contributed by atoms with Crippen LogP contribution in [0.5, 0.6) is 5.75 Å². The summed E-state index contributed by atoms with van der Waals surface area (Å²) in [6.45, 7) is 7.18. The van der Waals surface area contributed by atoms with Crippen LogP contribution in [-0.4, -0.2) is 49.1 Å². The van der Waals surface area contributed by atoms with Crippen molar-refractivity contribution in [1.82, 2.24) is 9.80 Å². The summed E-state index contributed by atoms with van der Waals surface area (Å²) in [6, 6.07) is 9.38. The fourth-order valence-electron chi connectivity index (χ4n) is 5.65. The van der Waals surface area contributed by atoms with Crippen molar-refractivity contribution in [3.05, 3.63) is 71.6 Å². The average molecular weight is 514 g/mol. The van der Waals surface area contributed by atoms with Gasteiger partial charge >= 0.3 is 12.4 Å². The first kappa shape index (κ1) is 26.8. The molecule has 0 bridgehead atoms. The van der Waals surface area contributed by atoms with Crippen LogP contribution in [-0.2, 0) is 24.3 Å². The lowest BCUT2D eigenvalue weighted by Crippen LogP contribution is -2.57.